The summed E-state index contributed by atoms with van der Waals surface area (Å²) in [5.74, 6) is 1.70. The fraction of sp³-hybridized carbons (Fsp3) is 0.412. The van der Waals surface area contributed by atoms with Crippen LogP contribution in [0, 0.1) is 16.0 Å². The van der Waals surface area contributed by atoms with Crippen molar-refractivity contribution >= 4 is 23.0 Å². The van der Waals surface area contributed by atoms with E-state index in [0.717, 1.165) is 25.9 Å². The molecule has 1 unspecified atom stereocenters. The van der Waals surface area contributed by atoms with E-state index in [2.05, 4.69) is 22.2 Å². The van der Waals surface area contributed by atoms with Crippen LogP contribution in [-0.2, 0) is 0 Å². The molecule has 8 heteroatoms. The van der Waals surface area contributed by atoms with Crippen LogP contribution in [0.1, 0.15) is 19.8 Å². The number of nitrogens with one attached hydrogen (secondary N) is 1. The molecule has 1 aliphatic rings. The number of methoxy groups -OCH3 is 1. The van der Waals surface area contributed by atoms with Crippen molar-refractivity contribution in [1.29, 1.82) is 0 Å². The first-order chi connectivity index (χ1) is 12.1. The van der Waals surface area contributed by atoms with Gasteiger partial charge in [0.25, 0.3) is 0 Å². The Balaban J connectivity index is 1.96. The summed E-state index contributed by atoms with van der Waals surface area (Å²) in [4.78, 5) is 21.6. The Kier molecular flexibility index (Phi) is 4.97. The van der Waals surface area contributed by atoms with Crippen molar-refractivity contribution in [3.8, 4) is 5.75 Å². The molecule has 25 heavy (non-hydrogen) atoms. The molecule has 1 saturated heterocycles. The number of anilines is 3. The minimum atomic E-state index is -0.420. The molecule has 0 aliphatic carbocycles. The maximum Gasteiger partial charge on any atom is 0.353 e. The smallest absolute Gasteiger partial charge is 0.353 e. The molecule has 8 nitrogen and oxygen atoms in total. The second-order valence-electron chi connectivity index (χ2n) is 6.20. The third-order valence-electron chi connectivity index (χ3n) is 4.27. The number of hydrogen-bond donors (Lipinski definition) is 1. The lowest BCUT2D eigenvalue weighted by Crippen LogP contribution is -2.35. The van der Waals surface area contributed by atoms with Gasteiger partial charge in [0.05, 0.1) is 12.0 Å². The number of aromatic nitrogens is 2. The Morgan fingerprint density at radius 3 is 2.96 bits per heavy atom. The zero-order valence-electron chi connectivity index (χ0n) is 14.3. The zero-order valence-corrected chi connectivity index (χ0v) is 14.3. The van der Waals surface area contributed by atoms with Gasteiger partial charge in [-0.1, -0.05) is 13.0 Å². The number of nitrogens with zero attached hydrogens (tertiary/aromatic N) is 4. The highest BCUT2D eigenvalue weighted by molar-refractivity contribution is 5.74. The third-order valence-corrected chi connectivity index (χ3v) is 4.27. The number of benzene rings is 1. The van der Waals surface area contributed by atoms with Crippen molar-refractivity contribution < 1.29 is 9.66 Å². The molecule has 3 rings (SSSR count). The fourth-order valence-corrected chi connectivity index (χ4v) is 3.08. The second kappa shape index (κ2) is 7.33. The quantitative estimate of drug-likeness (QED) is 0.657. The molecule has 0 spiro atoms. The molecule has 2 aromatic rings. The van der Waals surface area contributed by atoms with E-state index >= 15 is 0 Å². The summed E-state index contributed by atoms with van der Waals surface area (Å²) in [5.41, 5.74) is 0.568. The standard InChI is InChI=1S/C17H21N5O3/c1-12-5-4-8-21(10-12)17-15(22(23)24)16(18-11-19-17)20-13-6-3-7-14(9-13)25-2/h3,6-7,9,11-12H,4-5,8,10H2,1-2H3,(H,18,19,20). The normalized spacial score (nSPS) is 17.2. The van der Waals surface area contributed by atoms with Crippen LogP contribution in [0.5, 0.6) is 5.75 Å². The Morgan fingerprint density at radius 2 is 2.24 bits per heavy atom. The first-order valence-electron chi connectivity index (χ1n) is 8.24. The Labute approximate surface area is 146 Å². The lowest BCUT2D eigenvalue weighted by molar-refractivity contribution is -0.383. The van der Waals surface area contributed by atoms with Gasteiger partial charge in [-0.2, -0.15) is 0 Å². The van der Waals surface area contributed by atoms with Crippen LogP contribution >= 0.6 is 0 Å². The summed E-state index contributed by atoms with van der Waals surface area (Å²) in [6.45, 7) is 3.67. The van der Waals surface area contributed by atoms with Crippen molar-refractivity contribution in [1.82, 2.24) is 9.97 Å². The zero-order chi connectivity index (χ0) is 17.8. The second-order valence-corrected chi connectivity index (χ2v) is 6.20. The van der Waals surface area contributed by atoms with Gasteiger partial charge in [-0.25, -0.2) is 9.97 Å². The van der Waals surface area contributed by atoms with E-state index in [0.29, 0.717) is 23.2 Å². The van der Waals surface area contributed by atoms with Crippen LogP contribution in [0.25, 0.3) is 0 Å². The van der Waals surface area contributed by atoms with E-state index in [1.165, 1.54) is 6.33 Å². The van der Waals surface area contributed by atoms with Gasteiger partial charge in [0, 0.05) is 24.8 Å². The topological polar surface area (TPSA) is 93.4 Å². The van der Waals surface area contributed by atoms with Crippen LogP contribution in [-0.4, -0.2) is 35.1 Å². The average molecular weight is 343 g/mol. The van der Waals surface area contributed by atoms with E-state index < -0.39 is 4.92 Å². The van der Waals surface area contributed by atoms with Gasteiger partial charge >= 0.3 is 5.69 Å². The number of ether oxygens (including phenoxy) is 1. The number of hydrogen-bond acceptors (Lipinski definition) is 7. The molecule has 1 aromatic heterocycles. The van der Waals surface area contributed by atoms with Crippen molar-refractivity contribution in [3.63, 3.8) is 0 Å². The Bertz CT molecular complexity index is 768. The molecule has 0 amide bonds. The maximum atomic E-state index is 11.7. The Hall–Kier alpha value is -2.90. The lowest BCUT2D eigenvalue weighted by Gasteiger charge is -2.31. The van der Waals surface area contributed by atoms with Gasteiger partial charge in [0.1, 0.15) is 12.1 Å². The predicted molar refractivity (Wildman–Crippen MR) is 95.6 cm³/mol. The number of piperidine rings is 1. The molecular weight excluding hydrogens is 322 g/mol. The third kappa shape index (κ3) is 3.78. The van der Waals surface area contributed by atoms with Gasteiger partial charge in [-0.3, -0.25) is 10.1 Å². The van der Waals surface area contributed by atoms with Crippen molar-refractivity contribution in [2.75, 3.05) is 30.4 Å². The predicted octanol–water partition coefficient (Wildman–Crippen LogP) is 3.37. The molecule has 1 fully saturated rings. The summed E-state index contributed by atoms with van der Waals surface area (Å²) in [5, 5.41) is 14.7. The van der Waals surface area contributed by atoms with Crippen LogP contribution in [0.2, 0.25) is 0 Å². The highest BCUT2D eigenvalue weighted by Crippen LogP contribution is 2.35. The van der Waals surface area contributed by atoms with E-state index in [9.17, 15) is 10.1 Å². The SMILES string of the molecule is COc1cccc(Nc2ncnc(N3CCCC(C)C3)c2[N+](=O)[O-])c1. The lowest BCUT2D eigenvalue weighted by atomic mass is 10.0. The molecule has 0 radical (unpaired) electrons. The highest BCUT2D eigenvalue weighted by atomic mass is 16.6. The molecule has 1 N–H and O–H groups in total. The van der Waals surface area contributed by atoms with E-state index in [-0.39, 0.29) is 11.5 Å². The highest BCUT2D eigenvalue weighted by Gasteiger charge is 2.29. The number of nitro groups is 1. The first-order valence-corrected chi connectivity index (χ1v) is 8.24. The number of rotatable bonds is 5. The van der Waals surface area contributed by atoms with Gasteiger partial charge in [-0.05, 0) is 30.9 Å². The Morgan fingerprint density at radius 1 is 1.40 bits per heavy atom. The van der Waals surface area contributed by atoms with Crippen LogP contribution in [0.15, 0.2) is 30.6 Å². The van der Waals surface area contributed by atoms with Crippen LogP contribution in [0.3, 0.4) is 0 Å². The average Bonchev–Trinajstić information content (AvgIpc) is 2.61. The summed E-state index contributed by atoms with van der Waals surface area (Å²) in [6.07, 6.45) is 3.50. The van der Waals surface area contributed by atoms with Gasteiger partial charge in [-0.15, -0.1) is 0 Å². The molecule has 2 heterocycles. The van der Waals surface area contributed by atoms with Gasteiger partial charge < -0.3 is 15.0 Å². The minimum absolute atomic E-state index is 0.0978. The molecule has 0 bridgehead atoms. The van der Waals surface area contributed by atoms with Gasteiger partial charge in [0.15, 0.2) is 0 Å². The molecule has 1 aromatic carbocycles. The van der Waals surface area contributed by atoms with E-state index in [1.807, 2.05) is 4.90 Å². The van der Waals surface area contributed by atoms with E-state index in [4.69, 9.17) is 4.74 Å². The molecule has 132 valence electrons. The van der Waals surface area contributed by atoms with Gasteiger partial charge in [0.2, 0.25) is 11.6 Å². The fourth-order valence-electron chi connectivity index (χ4n) is 3.08. The molecule has 1 atom stereocenters. The summed E-state index contributed by atoms with van der Waals surface area (Å²) < 4.78 is 5.19. The maximum absolute atomic E-state index is 11.7. The van der Waals surface area contributed by atoms with Crippen molar-refractivity contribution in [2.45, 2.75) is 19.8 Å². The van der Waals surface area contributed by atoms with Crippen LogP contribution < -0.4 is 15.0 Å². The first kappa shape index (κ1) is 16.9. The van der Waals surface area contributed by atoms with Crippen molar-refractivity contribution in [2.24, 2.45) is 5.92 Å². The molecule has 0 saturated carbocycles. The van der Waals surface area contributed by atoms with E-state index in [1.54, 1.807) is 31.4 Å². The molecule has 1 aliphatic heterocycles. The summed E-state index contributed by atoms with van der Waals surface area (Å²) in [6, 6.07) is 7.17. The van der Waals surface area contributed by atoms with Crippen molar-refractivity contribution in [3.05, 3.63) is 40.7 Å². The monoisotopic (exact) mass is 343 g/mol. The minimum Gasteiger partial charge on any atom is -0.497 e. The largest absolute Gasteiger partial charge is 0.497 e. The molecular formula is C17H21N5O3. The summed E-state index contributed by atoms with van der Waals surface area (Å²) in [7, 11) is 1.57. The summed E-state index contributed by atoms with van der Waals surface area (Å²) >= 11 is 0. The van der Waals surface area contributed by atoms with Crippen LogP contribution in [0.4, 0.5) is 23.0 Å².